The van der Waals surface area contributed by atoms with E-state index in [-0.39, 0.29) is 6.10 Å². The van der Waals surface area contributed by atoms with Crippen LogP contribution in [0.25, 0.3) is 0 Å². The van der Waals surface area contributed by atoms with Crippen molar-refractivity contribution in [1.82, 2.24) is 0 Å². The molecule has 9 heavy (non-hydrogen) atoms. The lowest BCUT2D eigenvalue weighted by Crippen LogP contribution is -2.25. The lowest BCUT2D eigenvalue weighted by atomic mass is 9.81. The fraction of sp³-hybridized carbons (Fsp3) is 1.00. The monoisotopic (exact) mass is 128 g/mol. The summed E-state index contributed by atoms with van der Waals surface area (Å²) in [5.74, 6) is 1.37. The van der Waals surface area contributed by atoms with Gasteiger partial charge < -0.3 is 5.11 Å². The first kappa shape index (κ1) is 7.07. The van der Waals surface area contributed by atoms with Crippen LogP contribution >= 0.6 is 0 Å². The molecular weight excluding hydrogens is 112 g/mol. The van der Waals surface area contributed by atoms with Crippen molar-refractivity contribution >= 4 is 0 Å². The van der Waals surface area contributed by atoms with E-state index in [4.69, 9.17) is 0 Å². The van der Waals surface area contributed by atoms with Gasteiger partial charge in [-0.25, -0.2) is 0 Å². The van der Waals surface area contributed by atoms with Crippen LogP contribution in [-0.4, -0.2) is 11.2 Å². The molecule has 0 aromatic heterocycles. The third kappa shape index (κ3) is 1.68. The van der Waals surface area contributed by atoms with E-state index in [1.54, 1.807) is 0 Å². The predicted octanol–water partition coefficient (Wildman–Crippen LogP) is 1.80. The maximum Gasteiger partial charge on any atom is 0.0566 e. The normalized spacial score (nSPS) is 45.0. The van der Waals surface area contributed by atoms with Crippen LogP contribution in [0.1, 0.15) is 33.1 Å². The highest BCUT2D eigenvalue weighted by Crippen LogP contribution is 2.28. The van der Waals surface area contributed by atoms with Crippen LogP contribution in [0.5, 0.6) is 0 Å². The molecular formula is C8H16O. The molecule has 1 saturated carbocycles. The Bertz CT molecular complexity index is 90.6. The first-order valence-electron chi connectivity index (χ1n) is 3.88. The van der Waals surface area contributed by atoms with Gasteiger partial charge in [0.2, 0.25) is 0 Å². The third-order valence-electron chi connectivity index (χ3n) is 2.39. The summed E-state index contributed by atoms with van der Waals surface area (Å²) >= 11 is 0. The van der Waals surface area contributed by atoms with Gasteiger partial charge in [-0.1, -0.05) is 13.8 Å². The van der Waals surface area contributed by atoms with Gasteiger partial charge in [0.15, 0.2) is 0 Å². The van der Waals surface area contributed by atoms with E-state index in [1.807, 2.05) is 0 Å². The fourth-order valence-electron chi connectivity index (χ4n) is 1.65. The van der Waals surface area contributed by atoms with E-state index < -0.39 is 0 Å². The lowest BCUT2D eigenvalue weighted by Gasteiger charge is -2.28. The van der Waals surface area contributed by atoms with Crippen molar-refractivity contribution in [3.63, 3.8) is 0 Å². The molecule has 1 aliphatic carbocycles. The maximum atomic E-state index is 9.30. The number of hydrogen-bond donors (Lipinski definition) is 1. The molecule has 0 amide bonds. The zero-order valence-electron chi connectivity index (χ0n) is 6.30. The maximum absolute atomic E-state index is 9.30. The van der Waals surface area contributed by atoms with E-state index in [2.05, 4.69) is 13.8 Å². The molecule has 0 bridgehead atoms. The summed E-state index contributed by atoms with van der Waals surface area (Å²) in [6.07, 6.45) is 3.43. The Morgan fingerprint density at radius 3 is 2.33 bits per heavy atom. The highest BCUT2D eigenvalue weighted by atomic mass is 16.3. The van der Waals surface area contributed by atoms with Crippen LogP contribution in [0.15, 0.2) is 0 Å². The van der Waals surface area contributed by atoms with E-state index in [1.165, 1.54) is 12.8 Å². The van der Waals surface area contributed by atoms with Gasteiger partial charge in [0, 0.05) is 0 Å². The number of hydrogen-bond acceptors (Lipinski definition) is 1. The number of aliphatic hydroxyl groups is 1. The molecule has 2 unspecified atom stereocenters. The Labute approximate surface area is 57.1 Å². The SMILES string of the molecule is CC1CCC(O)[C@H](C)C1. The minimum Gasteiger partial charge on any atom is -0.393 e. The molecule has 1 rings (SSSR count). The van der Waals surface area contributed by atoms with Crippen molar-refractivity contribution in [2.45, 2.75) is 39.2 Å². The molecule has 1 fully saturated rings. The average Bonchev–Trinajstić information content (AvgIpc) is 1.80. The molecule has 54 valence electrons. The van der Waals surface area contributed by atoms with E-state index >= 15 is 0 Å². The van der Waals surface area contributed by atoms with Gasteiger partial charge in [-0.05, 0) is 31.1 Å². The topological polar surface area (TPSA) is 20.2 Å². The van der Waals surface area contributed by atoms with Gasteiger partial charge in [0.25, 0.3) is 0 Å². The van der Waals surface area contributed by atoms with Crippen LogP contribution < -0.4 is 0 Å². The summed E-state index contributed by atoms with van der Waals surface area (Å²) in [5, 5.41) is 9.30. The predicted molar refractivity (Wildman–Crippen MR) is 38.2 cm³/mol. The Morgan fingerprint density at radius 2 is 1.89 bits per heavy atom. The quantitative estimate of drug-likeness (QED) is 0.527. The van der Waals surface area contributed by atoms with Crippen molar-refractivity contribution in [2.24, 2.45) is 11.8 Å². The van der Waals surface area contributed by atoms with Gasteiger partial charge in [0.05, 0.1) is 6.10 Å². The molecule has 0 aromatic rings. The molecule has 3 atom stereocenters. The van der Waals surface area contributed by atoms with Crippen molar-refractivity contribution in [1.29, 1.82) is 0 Å². The molecule has 1 nitrogen and oxygen atoms in total. The Hall–Kier alpha value is -0.0400. The average molecular weight is 128 g/mol. The third-order valence-corrected chi connectivity index (χ3v) is 2.39. The van der Waals surface area contributed by atoms with Crippen molar-refractivity contribution < 1.29 is 5.11 Å². The molecule has 1 aliphatic rings. The second-order valence-electron chi connectivity index (χ2n) is 3.46. The summed E-state index contributed by atoms with van der Waals surface area (Å²) in [4.78, 5) is 0. The van der Waals surface area contributed by atoms with Gasteiger partial charge in [0.1, 0.15) is 0 Å². The molecule has 0 radical (unpaired) electrons. The fourth-order valence-corrected chi connectivity index (χ4v) is 1.65. The van der Waals surface area contributed by atoms with Crippen LogP contribution in [0.2, 0.25) is 0 Å². The summed E-state index contributed by atoms with van der Waals surface area (Å²) in [6, 6.07) is 0. The first-order valence-corrected chi connectivity index (χ1v) is 3.88. The standard InChI is InChI=1S/C8H16O/c1-6-3-4-8(9)7(2)5-6/h6-9H,3-5H2,1-2H3/t6?,7-,8?/m1/s1. The molecule has 1 heteroatoms. The van der Waals surface area contributed by atoms with E-state index in [0.717, 1.165) is 12.3 Å². The molecule has 0 aliphatic heterocycles. The van der Waals surface area contributed by atoms with Crippen LogP contribution in [-0.2, 0) is 0 Å². The highest BCUT2D eigenvalue weighted by molar-refractivity contribution is 4.74. The molecule has 1 N–H and O–H groups in total. The van der Waals surface area contributed by atoms with Crippen molar-refractivity contribution in [2.75, 3.05) is 0 Å². The second-order valence-corrected chi connectivity index (χ2v) is 3.46. The van der Waals surface area contributed by atoms with Gasteiger partial charge >= 0.3 is 0 Å². The zero-order valence-corrected chi connectivity index (χ0v) is 6.30. The Balaban J connectivity index is 2.35. The summed E-state index contributed by atoms with van der Waals surface area (Å²) in [5.41, 5.74) is 0. The first-order chi connectivity index (χ1) is 4.20. The number of aliphatic hydroxyl groups excluding tert-OH is 1. The largest absolute Gasteiger partial charge is 0.393 e. The van der Waals surface area contributed by atoms with Crippen LogP contribution in [0, 0.1) is 11.8 Å². The van der Waals surface area contributed by atoms with Crippen LogP contribution in [0.4, 0.5) is 0 Å². The molecule has 0 spiro atoms. The summed E-state index contributed by atoms with van der Waals surface area (Å²) in [6.45, 7) is 4.41. The minimum atomic E-state index is -0.0128. The van der Waals surface area contributed by atoms with E-state index in [9.17, 15) is 5.11 Å². The van der Waals surface area contributed by atoms with Gasteiger partial charge in [-0.3, -0.25) is 0 Å². The van der Waals surface area contributed by atoms with Crippen molar-refractivity contribution in [3.05, 3.63) is 0 Å². The van der Waals surface area contributed by atoms with E-state index in [0.29, 0.717) is 5.92 Å². The van der Waals surface area contributed by atoms with Crippen molar-refractivity contribution in [3.8, 4) is 0 Å². The molecule has 0 heterocycles. The van der Waals surface area contributed by atoms with Crippen LogP contribution in [0.3, 0.4) is 0 Å². The smallest absolute Gasteiger partial charge is 0.0566 e. The Morgan fingerprint density at radius 1 is 1.22 bits per heavy atom. The highest BCUT2D eigenvalue weighted by Gasteiger charge is 2.22. The second kappa shape index (κ2) is 2.70. The number of rotatable bonds is 0. The zero-order chi connectivity index (χ0) is 6.85. The summed E-state index contributed by atoms with van der Waals surface area (Å²) < 4.78 is 0. The lowest BCUT2D eigenvalue weighted by molar-refractivity contribution is 0.0611. The Kier molecular flexibility index (Phi) is 2.12. The summed E-state index contributed by atoms with van der Waals surface area (Å²) in [7, 11) is 0. The van der Waals surface area contributed by atoms with Gasteiger partial charge in [-0.15, -0.1) is 0 Å². The molecule has 0 aromatic carbocycles. The minimum absolute atomic E-state index is 0.0128. The molecule has 0 saturated heterocycles. The van der Waals surface area contributed by atoms with Gasteiger partial charge in [-0.2, -0.15) is 0 Å².